The second-order valence-corrected chi connectivity index (χ2v) is 3.25. The largest absolute Gasteiger partial charge is 0.103 e. The lowest BCUT2D eigenvalue weighted by Crippen LogP contribution is -1.71. The number of hydrogen-bond acceptors (Lipinski definition) is 0. The fourth-order valence-corrected chi connectivity index (χ4v) is 1.09. The molecule has 0 N–H and O–H groups in total. The summed E-state index contributed by atoms with van der Waals surface area (Å²) >= 11 is 0. The summed E-state index contributed by atoms with van der Waals surface area (Å²) in [6.45, 7) is 7.10. The molecule has 0 saturated heterocycles. The van der Waals surface area contributed by atoms with E-state index in [1.165, 1.54) is 25.7 Å². The Morgan fingerprint density at radius 1 is 0.714 bits per heavy atom. The quantitative estimate of drug-likeness (QED) is 0.442. The average Bonchev–Trinajstić information content (AvgIpc) is 2.14. The van der Waals surface area contributed by atoms with Gasteiger partial charge in [0.1, 0.15) is 0 Å². The molecule has 0 radical (unpaired) electrons. The maximum Gasteiger partial charge on any atom is -0.0316 e. The second kappa shape index (κ2) is 12.0. The van der Waals surface area contributed by atoms with Crippen molar-refractivity contribution in [1.82, 2.24) is 0 Å². The van der Waals surface area contributed by atoms with Gasteiger partial charge in [-0.1, -0.05) is 36.5 Å². The van der Waals surface area contributed by atoms with Crippen molar-refractivity contribution in [3.8, 4) is 0 Å². The summed E-state index contributed by atoms with van der Waals surface area (Å²) in [5.74, 6) is 0. The van der Waals surface area contributed by atoms with Crippen LogP contribution in [0.1, 0.15) is 38.5 Å². The Kier molecular flexibility index (Phi) is 11.1. The molecule has 0 unspecified atom stereocenters. The van der Waals surface area contributed by atoms with Gasteiger partial charge in [-0.15, -0.1) is 13.2 Å². The Hall–Kier alpha value is -1.04. The van der Waals surface area contributed by atoms with E-state index in [1.54, 1.807) is 0 Å². The van der Waals surface area contributed by atoms with E-state index in [0.29, 0.717) is 0 Å². The van der Waals surface area contributed by atoms with Gasteiger partial charge >= 0.3 is 0 Å². The number of rotatable bonds is 3. The summed E-state index contributed by atoms with van der Waals surface area (Å²) < 4.78 is 0. The Labute approximate surface area is 88.7 Å². The molecule has 1 rings (SSSR count). The van der Waals surface area contributed by atoms with Crippen LogP contribution in [0.3, 0.4) is 0 Å². The number of hydrogen-bond donors (Lipinski definition) is 0. The van der Waals surface area contributed by atoms with Gasteiger partial charge in [0.05, 0.1) is 0 Å². The first-order valence-electron chi connectivity index (χ1n) is 5.43. The Morgan fingerprint density at radius 2 is 1.00 bits per heavy atom. The van der Waals surface area contributed by atoms with E-state index < -0.39 is 0 Å². The van der Waals surface area contributed by atoms with Crippen LogP contribution in [0.5, 0.6) is 0 Å². The van der Waals surface area contributed by atoms with Gasteiger partial charge in [0.2, 0.25) is 0 Å². The third kappa shape index (κ3) is 11.0. The lowest BCUT2D eigenvalue weighted by atomic mass is 10.1. The minimum absolute atomic E-state index is 1.06. The van der Waals surface area contributed by atoms with Crippen LogP contribution in [-0.4, -0.2) is 0 Å². The Balaban J connectivity index is 0.000000255. The molecule has 0 amide bonds. The summed E-state index contributed by atoms with van der Waals surface area (Å²) in [4.78, 5) is 0. The summed E-state index contributed by atoms with van der Waals surface area (Å²) in [6.07, 6.45) is 19.9. The first-order valence-corrected chi connectivity index (χ1v) is 5.43. The van der Waals surface area contributed by atoms with Crippen molar-refractivity contribution in [2.24, 2.45) is 0 Å². The van der Waals surface area contributed by atoms with E-state index in [-0.39, 0.29) is 0 Å². The van der Waals surface area contributed by atoms with E-state index in [9.17, 15) is 0 Å². The van der Waals surface area contributed by atoms with Gasteiger partial charge in [-0.25, -0.2) is 0 Å². The SMILES string of the molecule is C1=C\CC/C=C\CC/1.C=CCCC=C. The Bertz CT molecular complexity index is 150. The molecule has 0 nitrogen and oxygen atoms in total. The van der Waals surface area contributed by atoms with Crippen molar-refractivity contribution in [3.05, 3.63) is 49.6 Å². The second-order valence-electron chi connectivity index (χ2n) is 3.25. The van der Waals surface area contributed by atoms with Crippen LogP contribution in [-0.2, 0) is 0 Å². The molecule has 0 bridgehead atoms. The lowest BCUT2D eigenvalue weighted by molar-refractivity contribution is 0.962. The summed E-state index contributed by atoms with van der Waals surface area (Å²) in [7, 11) is 0. The maximum absolute atomic E-state index is 3.55. The third-order valence-electron chi connectivity index (χ3n) is 1.91. The highest BCUT2D eigenvalue weighted by Gasteiger charge is 1.81. The smallest absolute Gasteiger partial charge is 0.0316 e. The Morgan fingerprint density at radius 3 is 1.21 bits per heavy atom. The van der Waals surface area contributed by atoms with Gasteiger partial charge in [-0.05, 0) is 38.5 Å². The topological polar surface area (TPSA) is 0 Å². The van der Waals surface area contributed by atoms with Crippen molar-refractivity contribution in [2.45, 2.75) is 38.5 Å². The fourth-order valence-electron chi connectivity index (χ4n) is 1.09. The van der Waals surface area contributed by atoms with Gasteiger partial charge < -0.3 is 0 Å². The van der Waals surface area contributed by atoms with Gasteiger partial charge in [-0.2, -0.15) is 0 Å². The van der Waals surface area contributed by atoms with Crippen molar-refractivity contribution in [2.75, 3.05) is 0 Å². The lowest BCUT2D eigenvalue weighted by Gasteiger charge is -1.92. The van der Waals surface area contributed by atoms with E-state index in [0.717, 1.165) is 12.8 Å². The molecule has 0 atom stereocenters. The fraction of sp³-hybridized carbons (Fsp3) is 0.429. The normalized spacial score (nSPS) is 19.1. The van der Waals surface area contributed by atoms with E-state index in [1.807, 2.05) is 12.2 Å². The molecule has 0 heteroatoms. The van der Waals surface area contributed by atoms with Gasteiger partial charge in [0.15, 0.2) is 0 Å². The molecule has 0 aromatic rings. The zero-order chi connectivity index (χ0) is 10.5. The monoisotopic (exact) mass is 190 g/mol. The van der Waals surface area contributed by atoms with Crippen molar-refractivity contribution in [3.63, 3.8) is 0 Å². The van der Waals surface area contributed by atoms with Gasteiger partial charge in [0, 0.05) is 0 Å². The number of unbranched alkanes of at least 4 members (excludes halogenated alkanes) is 1. The molecule has 0 saturated carbocycles. The van der Waals surface area contributed by atoms with Crippen molar-refractivity contribution >= 4 is 0 Å². The van der Waals surface area contributed by atoms with Crippen LogP contribution in [0.15, 0.2) is 49.6 Å². The summed E-state index contributed by atoms with van der Waals surface area (Å²) in [5, 5.41) is 0. The van der Waals surface area contributed by atoms with Crippen molar-refractivity contribution < 1.29 is 0 Å². The molecule has 0 aromatic carbocycles. The predicted molar refractivity (Wildman–Crippen MR) is 66.4 cm³/mol. The average molecular weight is 190 g/mol. The molecule has 0 heterocycles. The minimum Gasteiger partial charge on any atom is -0.103 e. The van der Waals surface area contributed by atoms with Crippen LogP contribution in [0.2, 0.25) is 0 Å². The van der Waals surface area contributed by atoms with Gasteiger partial charge in [-0.3, -0.25) is 0 Å². The molecule has 0 fully saturated rings. The highest BCUT2D eigenvalue weighted by atomic mass is 13.9. The highest BCUT2D eigenvalue weighted by Crippen LogP contribution is 2.02. The molecule has 14 heavy (non-hydrogen) atoms. The van der Waals surface area contributed by atoms with E-state index >= 15 is 0 Å². The van der Waals surface area contributed by atoms with Crippen LogP contribution in [0.25, 0.3) is 0 Å². The third-order valence-corrected chi connectivity index (χ3v) is 1.91. The first kappa shape index (κ1) is 13.0. The summed E-state index contributed by atoms with van der Waals surface area (Å²) in [5.41, 5.74) is 0. The van der Waals surface area contributed by atoms with E-state index in [2.05, 4.69) is 37.5 Å². The standard InChI is InChI=1S/C8H12.C6H10/c1-2-4-6-8-7-5-3-1;1-3-5-6-4-2/h1-2,7-8H,3-6H2;3-4H,1-2,5-6H2/b2-1-,8-7-;. The van der Waals surface area contributed by atoms with Crippen molar-refractivity contribution in [1.29, 1.82) is 0 Å². The zero-order valence-corrected chi connectivity index (χ0v) is 9.12. The maximum atomic E-state index is 3.55. The zero-order valence-electron chi connectivity index (χ0n) is 9.12. The predicted octanol–water partition coefficient (Wildman–Crippen LogP) is 4.81. The molecule has 0 spiro atoms. The van der Waals surface area contributed by atoms with E-state index in [4.69, 9.17) is 0 Å². The molecule has 78 valence electrons. The molecule has 0 aromatic heterocycles. The molecule has 0 aliphatic heterocycles. The van der Waals surface area contributed by atoms with Crippen LogP contribution >= 0.6 is 0 Å². The van der Waals surface area contributed by atoms with Crippen LogP contribution in [0, 0.1) is 0 Å². The highest BCUT2D eigenvalue weighted by molar-refractivity contribution is 4.93. The van der Waals surface area contributed by atoms with Gasteiger partial charge in [0.25, 0.3) is 0 Å². The summed E-state index contributed by atoms with van der Waals surface area (Å²) in [6, 6.07) is 0. The molecule has 1 aliphatic rings. The van der Waals surface area contributed by atoms with Crippen LogP contribution < -0.4 is 0 Å². The number of allylic oxidation sites excluding steroid dienone is 6. The molecular weight excluding hydrogens is 168 g/mol. The van der Waals surface area contributed by atoms with Crippen LogP contribution in [0.4, 0.5) is 0 Å². The minimum atomic E-state index is 1.06. The molecular formula is C14H22. The molecule has 1 aliphatic carbocycles. The first-order chi connectivity index (χ1) is 6.91.